The van der Waals surface area contributed by atoms with Gasteiger partial charge in [0, 0.05) is 28.8 Å². The first-order valence-corrected chi connectivity index (χ1v) is 9.65. The zero-order valence-electron chi connectivity index (χ0n) is 14.6. The normalized spacial score (nSPS) is 10.8. The Labute approximate surface area is 171 Å². The van der Waals surface area contributed by atoms with Gasteiger partial charge in [-0.05, 0) is 23.3 Å². The second kappa shape index (κ2) is 9.17. The third-order valence-corrected chi connectivity index (χ3v) is 5.29. The largest absolute Gasteiger partial charge is 0.395 e. The van der Waals surface area contributed by atoms with Crippen LogP contribution in [0, 0.1) is 0 Å². The molecule has 1 aromatic heterocycles. The number of nitrogens with zero attached hydrogens (tertiary/aromatic N) is 3. The fourth-order valence-electron chi connectivity index (χ4n) is 2.75. The van der Waals surface area contributed by atoms with Crippen molar-refractivity contribution >= 4 is 33.4 Å². The van der Waals surface area contributed by atoms with Crippen LogP contribution in [0.4, 0.5) is 0 Å². The minimum Gasteiger partial charge on any atom is -0.395 e. The summed E-state index contributed by atoms with van der Waals surface area (Å²) in [5.41, 5.74) is 2.38. The third-order valence-electron chi connectivity index (χ3n) is 4.15. The highest BCUT2D eigenvalue weighted by molar-refractivity contribution is 9.10. The smallest absolute Gasteiger partial charge is 0.257 e. The molecule has 0 spiro atoms. The van der Waals surface area contributed by atoms with Crippen LogP contribution in [0.3, 0.4) is 0 Å². The van der Waals surface area contributed by atoms with Crippen LogP contribution in [-0.2, 0) is 13.1 Å². The first-order valence-electron chi connectivity index (χ1n) is 8.48. The van der Waals surface area contributed by atoms with Crippen molar-refractivity contribution in [2.24, 2.45) is 0 Å². The van der Waals surface area contributed by atoms with Gasteiger partial charge in [0.15, 0.2) is 0 Å². The van der Waals surface area contributed by atoms with Gasteiger partial charge >= 0.3 is 0 Å². The van der Waals surface area contributed by atoms with Crippen LogP contribution < -0.4 is 0 Å². The van der Waals surface area contributed by atoms with Crippen molar-refractivity contribution in [3.8, 4) is 0 Å². The van der Waals surface area contributed by atoms with Gasteiger partial charge in [-0.2, -0.15) is 5.10 Å². The van der Waals surface area contributed by atoms with E-state index < -0.39 is 0 Å². The average molecular weight is 449 g/mol. The lowest BCUT2D eigenvalue weighted by atomic mass is 10.2. The van der Waals surface area contributed by atoms with E-state index in [2.05, 4.69) is 21.0 Å². The molecule has 2 aromatic carbocycles. The summed E-state index contributed by atoms with van der Waals surface area (Å²) < 4.78 is 2.61. The molecule has 0 aliphatic rings. The molecule has 0 fully saturated rings. The molecule has 140 valence electrons. The number of amides is 1. The first-order chi connectivity index (χ1) is 13.1. The van der Waals surface area contributed by atoms with E-state index in [0.717, 1.165) is 15.6 Å². The van der Waals surface area contributed by atoms with Gasteiger partial charge in [0.2, 0.25) is 0 Å². The summed E-state index contributed by atoms with van der Waals surface area (Å²) in [5, 5.41) is 14.3. The van der Waals surface area contributed by atoms with Crippen molar-refractivity contribution in [2.45, 2.75) is 13.1 Å². The molecule has 1 N–H and O–H groups in total. The number of carbonyl (C=O) groups excluding carboxylic acids is 1. The van der Waals surface area contributed by atoms with Crippen LogP contribution in [0.5, 0.6) is 0 Å². The van der Waals surface area contributed by atoms with E-state index in [1.165, 1.54) is 0 Å². The molecule has 0 saturated heterocycles. The van der Waals surface area contributed by atoms with Crippen LogP contribution in [0.1, 0.15) is 21.5 Å². The number of aromatic nitrogens is 2. The van der Waals surface area contributed by atoms with Crippen LogP contribution in [-0.4, -0.2) is 38.8 Å². The molecule has 3 rings (SSSR count). The van der Waals surface area contributed by atoms with Crippen molar-refractivity contribution in [1.82, 2.24) is 14.7 Å². The lowest BCUT2D eigenvalue weighted by molar-refractivity contribution is 0.0707. The zero-order valence-corrected chi connectivity index (χ0v) is 16.9. The average Bonchev–Trinajstić information content (AvgIpc) is 3.13. The minimum absolute atomic E-state index is 0.107. The second-order valence-electron chi connectivity index (χ2n) is 6.06. The van der Waals surface area contributed by atoms with E-state index in [-0.39, 0.29) is 19.1 Å². The zero-order chi connectivity index (χ0) is 19.2. The number of benzene rings is 2. The van der Waals surface area contributed by atoms with Crippen LogP contribution in [0.15, 0.2) is 65.4 Å². The summed E-state index contributed by atoms with van der Waals surface area (Å²) in [6.07, 6.45) is 3.25. The quantitative estimate of drug-likeness (QED) is 0.595. The van der Waals surface area contributed by atoms with Crippen LogP contribution >= 0.6 is 27.5 Å². The topological polar surface area (TPSA) is 58.4 Å². The molecule has 0 bridgehead atoms. The molecule has 0 radical (unpaired) electrons. The molecule has 7 heteroatoms. The predicted molar refractivity (Wildman–Crippen MR) is 109 cm³/mol. The molecule has 1 amide bonds. The second-order valence-corrected chi connectivity index (χ2v) is 7.32. The Morgan fingerprint density at radius 1 is 1.15 bits per heavy atom. The van der Waals surface area contributed by atoms with E-state index in [1.807, 2.05) is 48.5 Å². The van der Waals surface area contributed by atoms with Crippen molar-refractivity contribution in [2.75, 3.05) is 13.2 Å². The maximum absolute atomic E-state index is 12.9. The number of halogens is 2. The number of hydrogen-bond acceptors (Lipinski definition) is 3. The number of rotatable bonds is 7. The molecule has 3 aromatic rings. The van der Waals surface area contributed by atoms with E-state index in [0.29, 0.717) is 23.7 Å². The van der Waals surface area contributed by atoms with E-state index in [9.17, 15) is 9.90 Å². The summed E-state index contributed by atoms with van der Waals surface area (Å²) >= 11 is 9.69. The standard InChI is InChI=1S/C20H19BrClN3O2/c21-18-7-3-1-5-15(18)12-24(9-10-26)20(27)17-11-23-25(14-17)13-16-6-2-4-8-19(16)22/h1-8,11,14,26H,9-10,12-13H2. The summed E-state index contributed by atoms with van der Waals surface area (Å²) in [4.78, 5) is 14.5. The van der Waals surface area contributed by atoms with Crippen molar-refractivity contribution in [3.63, 3.8) is 0 Å². The Kier molecular flexibility index (Phi) is 6.66. The molecule has 0 aliphatic heterocycles. The van der Waals surface area contributed by atoms with Gasteiger partial charge in [0.1, 0.15) is 0 Å². The highest BCUT2D eigenvalue weighted by Crippen LogP contribution is 2.19. The van der Waals surface area contributed by atoms with E-state index in [4.69, 9.17) is 11.6 Å². The first kappa shape index (κ1) is 19.6. The lowest BCUT2D eigenvalue weighted by Crippen LogP contribution is -2.33. The van der Waals surface area contributed by atoms with Gasteiger partial charge in [0.05, 0.1) is 24.9 Å². The highest BCUT2D eigenvalue weighted by Gasteiger charge is 2.18. The van der Waals surface area contributed by atoms with Gasteiger partial charge in [-0.25, -0.2) is 0 Å². The maximum Gasteiger partial charge on any atom is 0.257 e. The third kappa shape index (κ3) is 4.97. The van der Waals surface area contributed by atoms with E-state index >= 15 is 0 Å². The van der Waals surface area contributed by atoms with Gasteiger partial charge in [0.25, 0.3) is 5.91 Å². The molecule has 0 atom stereocenters. The predicted octanol–water partition coefficient (Wildman–Crippen LogP) is 3.98. The van der Waals surface area contributed by atoms with Crippen LogP contribution in [0.2, 0.25) is 5.02 Å². The Balaban J connectivity index is 1.76. The Morgan fingerprint density at radius 3 is 2.56 bits per heavy atom. The summed E-state index contributed by atoms with van der Waals surface area (Å²) in [6.45, 7) is 1.02. The molecule has 0 aliphatic carbocycles. The van der Waals surface area contributed by atoms with Crippen molar-refractivity contribution in [3.05, 3.63) is 87.1 Å². The molecular weight excluding hydrogens is 430 g/mol. The highest BCUT2D eigenvalue weighted by atomic mass is 79.9. The van der Waals surface area contributed by atoms with Gasteiger partial charge in [-0.3, -0.25) is 9.48 Å². The summed E-state index contributed by atoms with van der Waals surface area (Å²) in [6, 6.07) is 15.3. The maximum atomic E-state index is 12.9. The minimum atomic E-state index is -0.176. The van der Waals surface area contributed by atoms with Gasteiger partial charge in [-0.15, -0.1) is 0 Å². The summed E-state index contributed by atoms with van der Waals surface area (Å²) in [5.74, 6) is -0.176. The Bertz CT molecular complexity index is 929. The molecule has 0 saturated carbocycles. The fourth-order valence-corrected chi connectivity index (χ4v) is 3.36. The summed E-state index contributed by atoms with van der Waals surface area (Å²) in [7, 11) is 0. The Hall–Kier alpha value is -2.15. The van der Waals surface area contributed by atoms with Gasteiger partial charge < -0.3 is 10.0 Å². The molecular formula is C20H19BrClN3O2. The number of carbonyl (C=O) groups is 1. The SMILES string of the molecule is O=C(c1cnn(Cc2ccccc2Cl)c1)N(CCO)Cc1ccccc1Br. The van der Waals surface area contributed by atoms with Crippen LogP contribution in [0.25, 0.3) is 0 Å². The van der Waals surface area contributed by atoms with Crippen molar-refractivity contribution in [1.29, 1.82) is 0 Å². The van der Waals surface area contributed by atoms with Gasteiger partial charge in [-0.1, -0.05) is 63.9 Å². The van der Waals surface area contributed by atoms with Crippen molar-refractivity contribution < 1.29 is 9.90 Å². The molecule has 1 heterocycles. The monoisotopic (exact) mass is 447 g/mol. The fraction of sp³-hybridized carbons (Fsp3) is 0.200. The lowest BCUT2D eigenvalue weighted by Gasteiger charge is -2.21. The Morgan fingerprint density at radius 2 is 1.85 bits per heavy atom. The molecule has 5 nitrogen and oxygen atoms in total. The number of aliphatic hydroxyl groups is 1. The molecule has 27 heavy (non-hydrogen) atoms. The number of hydrogen-bond donors (Lipinski definition) is 1. The molecule has 0 unspecified atom stereocenters. The van der Waals surface area contributed by atoms with E-state index in [1.54, 1.807) is 22.0 Å². The number of aliphatic hydroxyl groups excluding tert-OH is 1.